The smallest absolute Gasteiger partial charge is 0.128 e. The zero-order valence-electron chi connectivity index (χ0n) is 9.26. The maximum Gasteiger partial charge on any atom is 0.128 e. The maximum absolute atomic E-state index is 5.85. The highest BCUT2D eigenvalue weighted by molar-refractivity contribution is 5.40. The van der Waals surface area contributed by atoms with Gasteiger partial charge < -0.3 is 10.6 Å². The van der Waals surface area contributed by atoms with Gasteiger partial charge in [0.05, 0.1) is 0 Å². The van der Waals surface area contributed by atoms with Gasteiger partial charge in [0.15, 0.2) is 0 Å². The first-order valence-electron chi connectivity index (χ1n) is 5.70. The van der Waals surface area contributed by atoms with Crippen molar-refractivity contribution in [1.29, 1.82) is 0 Å². The van der Waals surface area contributed by atoms with E-state index in [1.165, 1.54) is 12.8 Å². The van der Waals surface area contributed by atoms with E-state index in [1.54, 1.807) is 0 Å². The molecule has 2 heterocycles. The first-order valence-corrected chi connectivity index (χ1v) is 5.70. The number of anilines is 1. The van der Waals surface area contributed by atoms with E-state index < -0.39 is 0 Å². The molecule has 0 aliphatic carbocycles. The van der Waals surface area contributed by atoms with Crippen molar-refractivity contribution in [3.63, 3.8) is 0 Å². The van der Waals surface area contributed by atoms with Crippen molar-refractivity contribution in [3.05, 3.63) is 24.4 Å². The van der Waals surface area contributed by atoms with Gasteiger partial charge in [0.25, 0.3) is 0 Å². The fourth-order valence-electron chi connectivity index (χ4n) is 2.42. The number of rotatable bonds is 2. The molecule has 1 fully saturated rings. The van der Waals surface area contributed by atoms with E-state index in [9.17, 15) is 0 Å². The number of nitrogens with two attached hydrogens (primary N) is 1. The van der Waals surface area contributed by atoms with Crippen LogP contribution < -0.4 is 10.6 Å². The molecule has 3 nitrogen and oxygen atoms in total. The van der Waals surface area contributed by atoms with E-state index in [2.05, 4.69) is 22.9 Å². The second kappa shape index (κ2) is 4.62. The summed E-state index contributed by atoms with van der Waals surface area (Å²) in [5.74, 6) is 1.74. The number of hydrogen-bond donors (Lipinski definition) is 1. The third-order valence-corrected chi connectivity index (χ3v) is 3.30. The van der Waals surface area contributed by atoms with E-state index in [-0.39, 0.29) is 0 Å². The summed E-state index contributed by atoms with van der Waals surface area (Å²) in [6.45, 7) is 4.09. The van der Waals surface area contributed by atoms with Gasteiger partial charge >= 0.3 is 0 Å². The molecule has 1 aliphatic rings. The molecule has 1 aliphatic heterocycles. The van der Waals surface area contributed by atoms with Gasteiger partial charge in [-0.3, -0.25) is 0 Å². The van der Waals surface area contributed by atoms with E-state index in [0.717, 1.165) is 18.9 Å². The van der Waals surface area contributed by atoms with Gasteiger partial charge in [0.1, 0.15) is 5.82 Å². The van der Waals surface area contributed by atoms with E-state index >= 15 is 0 Å². The van der Waals surface area contributed by atoms with Crippen LogP contribution in [0.1, 0.15) is 19.8 Å². The Balaban J connectivity index is 2.19. The zero-order chi connectivity index (χ0) is 10.7. The van der Waals surface area contributed by atoms with Crippen molar-refractivity contribution < 1.29 is 0 Å². The summed E-state index contributed by atoms with van der Waals surface area (Å²) in [4.78, 5) is 6.76. The van der Waals surface area contributed by atoms with Crippen molar-refractivity contribution >= 4 is 5.82 Å². The average molecular weight is 205 g/mol. The van der Waals surface area contributed by atoms with Crippen LogP contribution in [0.2, 0.25) is 0 Å². The van der Waals surface area contributed by atoms with Crippen LogP contribution in [0.5, 0.6) is 0 Å². The Morgan fingerprint density at radius 1 is 1.53 bits per heavy atom. The Morgan fingerprint density at radius 3 is 3.07 bits per heavy atom. The number of aromatic nitrogens is 1. The lowest BCUT2D eigenvalue weighted by molar-refractivity contribution is 0.348. The van der Waals surface area contributed by atoms with Gasteiger partial charge in [-0.25, -0.2) is 4.98 Å². The van der Waals surface area contributed by atoms with Crippen LogP contribution >= 0.6 is 0 Å². The topological polar surface area (TPSA) is 42.2 Å². The van der Waals surface area contributed by atoms with E-state index in [1.807, 2.05) is 18.3 Å². The molecule has 1 saturated heterocycles. The molecule has 2 atom stereocenters. The second-order valence-corrected chi connectivity index (χ2v) is 4.30. The molecule has 0 spiro atoms. The van der Waals surface area contributed by atoms with Gasteiger partial charge in [-0.15, -0.1) is 0 Å². The number of piperidine rings is 1. The minimum atomic E-state index is 0.452. The van der Waals surface area contributed by atoms with Crippen LogP contribution in [0.15, 0.2) is 24.4 Å². The van der Waals surface area contributed by atoms with Crippen LogP contribution in [0.25, 0.3) is 0 Å². The average Bonchev–Trinajstić information content (AvgIpc) is 2.30. The second-order valence-electron chi connectivity index (χ2n) is 4.30. The summed E-state index contributed by atoms with van der Waals surface area (Å²) in [6, 6.07) is 6.51. The van der Waals surface area contributed by atoms with Crippen LogP contribution in [-0.2, 0) is 0 Å². The van der Waals surface area contributed by atoms with Crippen LogP contribution in [0.4, 0.5) is 5.82 Å². The Morgan fingerprint density at radius 2 is 2.40 bits per heavy atom. The molecule has 1 aromatic rings. The van der Waals surface area contributed by atoms with Gasteiger partial charge in [-0.1, -0.05) is 13.0 Å². The predicted molar refractivity (Wildman–Crippen MR) is 62.8 cm³/mol. The molecule has 82 valence electrons. The Hall–Kier alpha value is -1.09. The SMILES string of the molecule is CC1CCCN(c2ccccn2)C1CN. The largest absolute Gasteiger partial charge is 0.352 e. The summed E-state index contributed by atoms with van der Waals surface area (Å²) in [7, 11) is 0. The summed E-state index contributed by atoms with van der Waals surface area (Å²) in [5, 5.41) is 0. The van der Waals surface area contributed by atoms with Gasteiger partial charge in [0, 0.05) is 25.3 Å². The molecule has 2 rings (SSSR count). The highest BCUT2D eigenvalue weighted by Crippen LogP contribution is 2.26. The minimum absolute atomic E-state index is 0.452. The fourth-order valence-corrected chi connectivity index (χ4v) is 2.42. The molecule has 2 N–H and O–H groups in total. The van der Waals surface area contributed by atoms with Crippen molar-refractivity contribution in [2.45, 2.75) is 25.8 Å². The van der Waals surface area contributed by atoms with Gasteiger partial charge in [-0.05, 0) is 30.9 Å². The number of pyridine rings is 1. The van der Waals surface area contributed by atoms with E-state index in [4.69, 9.17) is 5.73 Å². The monoisotopic (exact) mass is 205 g/mol. The quantitative estimate of drug-likeness (QED) is 0.798. The Kier molecular flexibility index (Phi) is 3.21. The highest BCUT2D eigenvalue weighted by atomic mass is 15.2. The number of hydrogen-bond acceptors (Lipinski definition) is 3. The highest BCUT2D eigenvalue weighted by Gasteiger charge is 2.27. The molecule has 0 saturated carbocycles. The zero-order valence-corrected chi connectivity index (χ0v) is 9.26. The lowest BCUT2D eigenvalue weighted by atomic mass is 9.91. The van der Waals surface area contributed by atoms with Crippen molar-refractivity contribution in [3.8, 4) is 0 Å². The van der Waals surface area contributed by atoms with Crippen molar-refractivity contribution in [2.75, 3.05) is 18.0 Å². The van der Waals surface area contributed by atoms with Crippen LogP contribution in [0, 0.1) is 5.92 Å². The lowest BCUT2D eigenvalue weighted by Crippen LogP contribution is -2.49. The minimum Gasteiger partial charge on any atom is -0.352 e. The Labute approximate surface area is 91.3 Å². The third-order valence-electron chi connectivity index (χ3n) is 3.30. The predicted octanol–water partition coefficient (Wildman–Crippen LogP) is 1.65. The molecule has 0 bridgehead atoms. The molecule has 2 unspecified atom stereocenters. The first kappa shape index (κ1) is 10.4. The maximum atomic E-state index is 5.85. The molecule has 3 heteroatoms. The Bertz CT molecular complexity index is 299. The van der Waals surface area contributed by atoms with Crippen molar-refractivity contribution in [1.82, 2.24) is 4.98 Å². The van der Waals surface area contributed by atoms with Crippen LogP contribution in [-0.4, -0.2) is 24.1 Å². The summed E-state index contributed by atoms with van der Waals surface area (Å²) in [5.41, 5.74) is 5.85. The fraction of sp³-hybridized carbons (Fsp3) is 0.583. The summed E-state index contributed by atoms with van der Waals surface area (Å²) in [6.07, 6.45) is 4.38. The van der Waals surface area contributed by atoms with Gasteiger partial charge in [0.2, 0.25) is 0 Å². The molecule has 15 heavy (non-hydrogen) atoms. The van der Waals surface area contributed by atoms with Crippen LogP contribution in [0.3, 0.4) is 0 Å². The first-order chi connectivity index (χ1) is 7.33. The number of nitrogens with zero attached hydrogens (tertiary/aromatic N) is 2. The van der Waals surface area contributed by atoms with Gasteiger partial charge in [-0.2, -0.15) is 0 Å². The molecular weight excluding hydrogens is 186 g/mol. The molecule has 0 radical (unpaired) electrons. The van der Waals surface area contributed by atoms with E-state index in [0.29, 0.717) is 12.0 Å². The summed E-state index contributed by atoms with van der Waals surface area (Å²) < 4.78 is 0. The standard InChI is InChI=1S/C12H19N3/c1-10-5-4-8-15(11(10)9-13)12-6-2-3-7-14-12/h2-3,6-7,10-11H,4-5,8-9,13H2,1H3. The molecule has 0 amide bonds. The van der Waals surface area contributed by atoms with Crippen molar-refractivity contribution in [2.24, 2.45) is 11.7 Å². The molecule has 1 aromatic heterocycles. The third kappa shape index (κ3) is 2.12. The molecule has 0 aromatic carbocycles. The lowest BCUT2D eigenvalue weighted by Gasteiger charge is -2.40. The molecular formula is C12H19N3. The summed E-state index contributed by atoms with van der Waals surface area (Å²) >= 11 is 0. The normalized spacial score (nSPS) is 26.7.